The minimum atomic E-state index is -1.10. The SMILES string of the molecule is OC(O)CCCCCCCCCC12CC3CC(CC(C3)C1)C2. The van der Waals surface area contributed by atoms with Gasteiger partial charge in [0.2, 0.25) is 0 Å². The Hall–Kier alpha value is -0.0800. The quantitative estimate of drug-likeness (QED) is 0.439. The normalized spacial score (nSPS) is 36.4. The first-order chi connectivity index (χ1) is 10.7. The van der Waals surface area contributed by atoms with Crippen LogP contribution in [0.25, 0.3) is 0 Å². The molecule has 0 unspecified atom stereocenters. The molecule has 0 aromatic heterocycles. The Morgan fingerprint density at radius 1 is 0.682 bits per heavy atom. The highest BCUT2D eigenvalue weighted by Crippen LogP contribution is 2.61. The second-order valence-electron chi connectivity index (χ2n) is 8.91. The lowest BCUT2D eigenvalue weighted by molar-refractivity contribution is -0.0583. The lowest BCUT2D eigenvalue weighted by Crippen LogP contribution is -2.45. The van der Waals surface area contributed by atoms with Crippen LogP contribution in [0.3, 0.4) is 0 Å². The minimum Gasteiger partial charge on any atom is -0.368 e. The Labute approximate surface area is 136 Å². The summed E-state index contributed by atoms with van der Waals surface area (Å²) in [5, 5.41) is 17.6. The van der Waals surface area contributed by atoms with Gasteiger partial charge in [0, 0.05) is 0 Å². The highest BCUT2D eigenvalue weighted by molar-refractivity contribution is 5.01. The summed E-state index contributed by atoms with van der Waals surface area (Å²) in [4.78, 5) is 0. The van der Waals surface area contributed by atoms with E-state index in [9.17, 15) is 0 Å². The van der Waals surface area contributed by atoms with E-state index in [2.05, 4.69) is 0 Å². The topological polar surface area (TPSA) is 40.5 Å². The molecule has 128 valence electrons. The second kappa shape index (κ2) is 7.66. The van der Waals surface area contributed by atoms with Crippen molar-refractivity contribution in [2.45, 2.75) is 103 Å². The van der Waals surface area contributed by atoms with Crippen LogP contribution in [-0.2, 0) is 0 Å². The van der Waals surface area contributed by atoms with E-state index in [-0.39, 0.29) is 0 Å². The third-order valence-corrected chi connectivity index (χ3v) is 6.83. The van der Waals surface area contributed by atoms with Gasteiger partial charge in [0.1, 0.15) is 0 Å². The zero-order chi connectivity index (χ0) is 15.4. The van der Waals surface area contributed by atoms with Gasteiger partial charge in [-0.25, -0.2) is 0 Å². The average molecular weight is 309 g/mol. The Morgan fingerprint density at radius 3 is 1.64 bits per heavy atom. The lowest BCUT2D eigenvalue weighted by Gasteiger charge is -2.57. The third-order valence-electron chi connectivity index (χ3n) is 6.83. The van der Waals surface area contributed by atoms with E-state index >= 15 is 0 Å². The Morgan fingerprint density at radius 2 is 1.14 bits per heavy atom. The molecular formula is C20H36O2. The van der Waals surface area contributed by atoms with Gasteiger partial charge in [0.25, 0.3) is 0 Å². The van der Waals surface area contributed by atoms with Gasteiger partial charge in [-0.3, -0.25) is 0 Å². The lowest BCUT2D eigenvalue weighted by atomic mass is 9.48. The van der Waals surface area contributed by atoms with Crippen LogP contribution in [0.15, 0.2) is 0 Å². The van der Waals surface area contributed by atoms with Gasteiger partial charge < -0.3 is 10.2 Å². The highest BCUT2D eigenvalue weighted by atomic mass is 16.5. The predicted molar refractivity (Wildman–Crippen MR) is 90.4 cm³/mol. The van der Waals surface area contributed by atoms with Crippen molar-refractivity contribution in [2.24, 2.45) is 23.2 Å². The molecule has 2 nitrogen and oxygen atoms in total. The molecule has 4 aliphatic carbocycles. The van der Waals surface area contributed by atoms with Gasteiger partial charge in [-0.15, -0.1) is 0 Å². The molecule has 4 fully saturated rings. The fourth-order valence-electron chi connectivity index (χ4n) is 6.31. The van der Waals surface area contributed by atoms with Crippen LogP contribution in [0.5, 0.6) is 0 Å². The molecule has 0 aromatic carbocycles. The number of aliphatic hydroxyl groups is 2. The molecule has 4 bridgehead atoms. The smallest absolute Gasteiger partial charge is 0.151 e. The molecule has 4 aliphatic rings. The number of aliphatic hydroxyl groups excluding tert-OH is 1. The zero-order valence-electron chi connectivity index (χ0n) is 14.3. The summed E-state index contributed by atoms with van der Waals surface area (Å²) < 4.78 is 0. The molecule has 0 aliphatic heterocycles. The van der Waals surface area contributed by atoms with Crippen LogP contribution in [0.2, 0.25) is 0 Å². The van der Waals surface area contributed by atoms with E-state index in [0.717, 1.165) is 36.0 Å². The van der Waals surface area contributed by atoms with Crippen LogP contribution in [0.4, 0.5) is 0 Å². The minimum absolute atomic E-state index is 0.548. The molecule has 0 aromatic rings. The van der Waals surface area contributed by atoms with Crippen LogP contribution in [0, 0.1) is 23.2 Å². The standard InChI is InChI=1S/C20H36O2/c21-19(22)8-6-4-2-1-3-5-7-9-20-13-16-10-17(14-20)12-18(11-16)15-20/h16-19,21-22H,1-15H2. The monoisotopic (exact) mass is 308 g/mol. The first kappa shape index (κ1) is 16.8. The maximum Gasteiger partial charge on any atom is 0.151 e. The molecule has 0 amide bonds. The first-order valence-corrected chi connectivity index (χ1v) is 10.0. The largest absolute Gasteiger partial charge is 0.368 e. The molecule has 0 spiro atoms. The van der Waals surface area contributed by atoms with Crippen LogP contribution in [-0.4, -0.2) is 16.5 Å². The molecule has 2 N–H and O–H groups in total. The fraction of sp³-hybridized carbons (Fsp3) is 1.00. The summed E-state index contributed by atoms with van der Waals surface area (Å²) >= 11 is 0. The van der Waals surface area contributed by atoms with Crippen molar-refractivity contribution in [3.8, 4) is 0 Å². The molecule has 0 atom stereocenters. The Balaban J connectivity index is 1.24. The Kier molecular flexibility index (Phi) is 5.84. The number of hydrogen-bond acceptors (Lipinski definition) is 2. The van der Waals surface area contributed by atoms with Crippen molar-refractivity contribution in [1.29, 1.82) is 0 Å². The number of rotatable bonds is 10. The molecular weight excluding hydrogens is 272 g/mol. The summed E-state index contributed by atoms with van der Waals surface area (Å²) in [6.45, 7) is 0. The van der Waals surface area contributed by atoms with Gasteiger partial charge in [-0.2, -0.15) is 0 Å². The first-order valence-electron chi connectivity index (χ1n) is 10.0. The summed E-state index contributed by atoms with van der Waals surface area (Å²) in [6.07, 6.45) is 19.4. The molecule has 4 rings (SSSR count). The van der Waals surface area contributed by atoms with Gasteiger partial charge in [0.05, 0.1) is 0 Å². The van der Waals surface area contributed by atoms with Crippen molar-refractivity contribution in [2.75, 3.05) is 0 Å². The maximum absolute atomic E-state index is 8.80. The van der Waals surface area contributed by atoms with Gasteiger partial charge in [0.15, 0.2) is 6.29 Å². The Bertz CT molecular complexity index is 301. The molecule has 2 heteroatoms. The van der Waals surface area contributed by atoms with E-state index in [0.29, 0.717) is 6.42 Å². The van der Waals surface area contributed by atoms with Gasteiger partial charge in [-0.1, -0.05) is 38.5 Å². The molecule has 4 saturated carbocycles. The van der Waals surface area contributed by atoms with E-state index in [1.54, 1.807) is 38.5 Å². The molecule has 0 heterocycles. The number of unbranched alkanes of at least 4 members (excludes halogenated alkanes) is 6. The fourth-order valence-corrected chi connectivity index (χ4v) is 6.31. The van der Waals surface area contributed by atoms with Crippen molar-refractivity contribution in [3.63, 3.8) is 0 Å². The van der Waals surface area contributed by atoms with Gasteiger partial charge >= 0.3 is 0 Å². The average Bonchev–Trinajstić information content (AvgIpc) is 2.43. The van der Waals surface area contributed by atoms with Crippen LogP contribution < -0.4 is 0 Å². The third kappa shape index (κ3) is 4.47. The second-order valence-corrected chi connectivity index (χ2v) is 8.91. The predicted octanol–water partition coefficient (Wildman–Crippen LogP) is 5.02. The zero-order valence-corrected chi connectivity index (χ0v) is 14.3. The van der Waals surface area contributed by atoms with Gasteiger partial charge in [-0.05, 0) is 81.0 Å². The van der Waals surface area contributed by atoms with Crippen LogP contribution >= 0.6 is 0 Å². The van der Waals surface area contributed by atoms with Crippen molar-refractivity contribution < 1.29 is 10.2 Å². The van der Waals surface area contributed by atoms with Crippen LogP contribution in [0.1, 0.15) is 96.3 Å². The van der Waals surface area contributed by atoms with Crippen molar-refractivity contribution >= 4 is 0 Å². The summed E-state index contributed by atoms with van der Waals surface area (Å²) in [7, 11) is 0. The van der Waals surface area contributed by atoms with Crippen molar-refractivity contribution in [3.05, 3.63) is 0 Å². The number of hydrogen-bond donors (Lipinski definition) is 2. The summed E-state index contributed by atoms with van der Waals surface area (Å²) in [5.74, 6) is 3.31. The highest BCUT2D eigenvalue weighted by Gasteiger charge is 2.50. The van der Waals surface area contributed by atoms with E-state index in [1.807, 2.05) is 0 Å². The van der Waals surface area contributed by atoms with Crippen molar-refractivity contribution in [1.82, 2.24) is 0 Å². The maximum atomic E-state index is 8.80. The van der Waals surface area contributed by atoms with E-state index in [1.165, 1.54) is 38.5 Å². The summed E-state index contributed by atoms with van der Waals surface area (Å²) in [6, 6.07) is 0. The molecule has 0 radical (unpaired) electrons. The summed E-state index contributed by atoms with van der Waals surface area (Å²) in [5.41, 5.74) is 0.784. The van der Waals surface area contributed by atoms with E-state index in [4.69, 9.17) is 10.2 Å². The molecule has 22 heavy (non-hydrogen) atoms. The van der Waals surface area contributed by atoms with E-state index < -0.39 is 6.29 Å². The molecule has 0 saturated heterocycles.